The smallest absolute Gasteiger partial charge is 0.337 e. The monoisotopic (exact) mass is 321 g/mol. The van der Waals surface area contributed by atoms with Gasteiger partial charge in [0, 0.05) is 38.5 Å². The summed E-state index contributed by atoms with van der Waals surface area (Å²) in [6.45, 7) is 7.63. The van der Waals surface area contributed by atoms with E-state index in [9.17, 15) is 4.79 Å². The van der Waals surface area contributed by atoms with Gasteiger partial charge in [-0.3, -0.25) is 9.91 Å². The minimum Gasteiger partial charge on any atom is -0.492 e. The molecule has 0 unspecified atom stereocenters. The van der Waals surface area contributed by atoms with Crippen LogP contribution in [0, 0.1) is 0 Å². The lowest BCUT2D eigenvalue weighted by Gasteiger charge is -2.27. The van der Waals surface area contributed by atoms with E-state index in [1.807, 2.05) is 23.4 Å². The molecule has 1 fully saturated rings. The average molecular weight is 321 g/mol. The molecule has 0 aromatic heterocycles. The van der Waals surface area contributed by atoms with Gasteiger partial charge >= 0.3 is 5.97 Å². The van der Waals surface area contributed by atoms with Crippen molar-refractivity contribution in [1.29, 1.82) is 0 Å². The minimum atomic E-state index is -0.281. The van der Waals surface area contributed by atoms with Gasteiger partial charge in [-0.15, -0.1) is 0 Å². The zero-order valence-corrected chi connectivity index (χ0v) is 13.4. The number of hydrogen-bond acceptors (Lipinski definition) is 7. The first kappa shape index (κ1) is 16.0. The summed E-state index contributed by atoms with van der Waals surface area (Å²) in [6.07, 6.45) is 5.64. The quantitative estimate of drug-likeness (QED) is 0.710. The molecule has 1 N–H and O–H groups in total. The summed E-state index contributed by atoms with van der Waals surface area (Å²) >= 11 is 0. The van der Waals surface area contributed by atoms with E-state index >= 15 is 0 Å². The van der Waals surface area contributed by atoms with Crippen molar-refractivity contribution >= 4 is 5.97 Å². The third-order valence-electron chi connectivity index (χ3n) is 3.96. The van der Waals surface area contributed by atoms with Crippen molar-refractivity contribution in [2.24, 2.45) is 0 Å². The van der Waals surface area contributed by atoms with Gasteiger partial charge in [-0.25, -0.2) is 10.2 Å². The molecule has 0 atom stereocenters. The normalized spacial score (nSPS) is 21.3. The Balaban J connectivity index is 1.57. The Kier molecular flexibility index (Phi) is 5.32. The van der Waals surface area contributed by atoms with Crippen LogP contribution in [0.15, 0.2) is 35.4 Å². The molecule has 0 spiro atoms. The molecule has 3 aliphatic heterocycles. The van der Waals surface area contributed by atoms with Gasteiger partial charge in [0.05, 0.1) is 31.1 Å². The fourth-order valence-electron chi connectivity index (χ4n) is 2.71. The van der Waals surface area contributed by atoms with Gasteiger partial charge in [0.1, 0.15) is 12.4 Å². The second kappa shape index (κ2) is 7.63. The van der Waals surface area contributed by atoms with Crippen LogP contribution >= 0.6 is 0 Å². The molecule has 0 bridgehead atoms. The number of fused-ring (bicyclic) bond motifs is 1. The lowest BCUT2D eigenvalue weighted by Crippen LogP contribution is -2.38. The zero-order valence-electron chi connectivity index (χ0n) is 13.4. The lowest BCUT2D eigenvalue weighted by molar-refractivity contribution is -0.138. The second-order valence-corrected chi connectivity index (χ2v) is 5.45. The number of nitrogens with one attached hydrogen (secondary N) is 1. The Morgan fingerprint density at radius 3 is 3.00 bits per heavy atom. The van der Waals surface area contributed by atoms with Gasteiger partial charge in [-0.2, -0.15) is 0 Å². The molecule has 0 aliphatic carbocycles. The third kappa shape index (κ3) is 3.93. The second-order valence-electron chi connectivity index (χ2n) is 5.45. The Hall–Kier alpha value is -1.83. The van der Waals surface area contributed by atoms with E-state index in [1.54, 1.807) is 6.92 Å². The summed E-state index contributed by atoms with van der Waals surface area (Å²) in [6, 6.07) is 0. The van der Waals surface area contributed by atoms with Gasteiger partial charge in [-0.05, 0) is 13.0 Å². The number of allylic oxidation sites excluding steroid dienone is 2. The van der Waals surface area contributed by atoms with Gasteiger partial charge in [0.2, 0.25) is 0 Å². The molecule has 126 valence electrons. The minimum absolute atomic E-state index is 0.281. The molecular weight excluding hydrogens is 298 g/mol. The molecule has 3 heterocycles. The molecule has 0 amide bonds. The lowest BCUT2D eigenvalue weighted by atomic mass is 10.2. The zero-order chi connectivity index (χ0) is 16.1. The van der Waals surface area contributed by atoms with Crippen molar-refractivity contribution in [1.82, 2.24) is 15.3 Å². The molecule has 0 aromatic carbocycles. The molecule has 23 heavy (non-hydrogen) atoms. The highest BCUT2D eigenvalue weighted by Gasteiger charge is 2.27. The maximum Gasteiger partial charge on any atom is 0.337 e. The number of morpholine rings is 1. The van der Waals surface area contributed by atoms with Crippen molar-refractivity contribution in [3.63, 3.8) is 0 Å². The fraction of sp³-hybridized carbons (Fsp3) is 0.562. The van der Waals surface area contributed by atoms with E-state index in [2.05, 4.69) is 10.3 Å². The Morgan fingerprint density at radius 1 is 1.39 bits per heavy atom. The number of esters is 1. The van der Waals surface area contributed by atoms with Crippen molar-refractivity contribution in [2.45, 2.75) is 6.92 Å². The molecule has 0 aromatic rings. The molecule has 3 aliphatic rings. The molecule has 7 nitrogen and oxygen atoms in total. The van der Waals surface area contributed by atoms with Crippen LogP contribution in [-0.2, 0) is 19.0 Å². The van der Waals surface area contributed by atoms with E-state index in [0.29, 0.717) is 25.3 Å². The largest absolute Gasteiger partial charge is 0.492 e. The number of hydrazine groups is 1. The van der Waals surface area contributed by atoms with Crippen molar-refractivity contribution in [3.8, 4) is 0 Å². The Bertz CT molecular complexity index is 535. The number of hydrogen-bond donors (Lipinski definition) is 1. The topological polar surface area (TPSA) is 63.3 Å². The maximum absolute atomic E-state index is 12.0. The predicted octanol–water partition coefficient (Wildman–Crippen LogP) is 0.384. The van der Waals surface area contributed by atoms with Gasteiger partial charge in [-0.1, -0.05) is 0 Å². The van der Waals surface area contributed by atoms with E-state index in [0.717, 1.165) is 44.3 Å². The van der Waals surface area contributed by atoms with Crippen molar-refractivity contribution in [3.05, 3.63) is 35.4 Å². The number of ether oxygens (including phenoxy) is 3. The third-order valence-corrected chi connectivity index (χ3v) is 3.96. The van der Waals surface area contributed by atoms with E-state index in [1.165, 1.54) is 0 Å². The summed E-state index contributed by atoms with van der Waals surface area (Å²) in [5, 5.41) is 1.82. The van der Waals surface area contributed by atoms with Crippen LogP contribution < -0.4 is 5.43 Å². The van der Waals surface area contributed by atoms with Crippen LogP contribution in [0.4, 0.5) is 0 Å². The van der Waals surface area contributed by atoms with Crippen LogP contribution in [0.25, 0.3) is 0 Å². The average Bonchev–Trinajstić information content (AvgIpc) is 2.99. The van der Waals surface area contributed by atoms with Crippen molar-refractivity contribution in [2.75, 3.05) is 52.6 Å². The first-order valence-electron chi connectivity index (χ1n) is 8.03. The van der Waals surface area contributed by atoms with E-state index in [-0.39, 0.29) is 5.97 Å². The van der Waals surface area contributed by atoms with E-state index < -0.39 is 0 Å². The highest BCUT2D eigenvalue weighted by atomic mass is 16.5. The first-order chi connectivity index (χ1) is 11.3. The van der Waals surface area contributed by atoms with Gasteiger partial charge in [0.15, 0.2) is 0 Å². The number of rotatable bonds is 6. The molecule has 1 saturated heterocycles. The summed E-state index contributed by atoms with van der Waals surface area (Å²) < 4.78 is 16.3. The Labute approximate surface area is 136 Å². The van der Waals surface area contributed by atoms with Gasteiger partial charge in [0.25, 0.3) is 0 Å². The summed E-state index contributed by atoms with van der Waals surface area (Å²) in [7, 11) is 0. The predicted molar refractivity (Wildman–Crippen MR) is 83.9 cm³/mol. The summed E-state index contributed by atoms with van der Waals surface area (Å²) in [4.78, 5) is 14.3. The van der Waals surface area contributed by atoms with Crippen LogP contribution in [-0.4, -0.2) is 68.5 Å². The molecule has 7 heteroatoms. The van der Waals surface area contributed by atoms with E-state index in [4.69, 9.17) is 14.2 Å². The van der Waals surface area contributed by atoms with Gasteiger partial charge < -0.3 is 14.2 Å². The van der Waals surface area contributed by atoms with Crippen LogP contribution in [0.1, 0.15) is 6.92 Å². The highest BCUT2D eigenvalue weighted by Crippen LogP contribution is 2.24. The standard InChI is InChI=1S/C16H23N3O4/c1-2-22-16(20)14-12-17-19-4-3-13(11-15(14)19)23-10-7-18-5-8-21-9-6-18/h3-4,11,17H,2,5-10,12H2,1H3. The van der Waals surface area contributed by atoms with Crippen LogP contribution in [0.2, 0.25) is 0 Å². The Morgan fingerprint density at radius 2 is 2.22 bits per heavy atom. The maximum atomic E-state index is 12.0. The summed E-state index contributed by atoms with van der Waals surface area (Å²) in [5.41, 5.74) is 4.55. The SMILES string of the molecule is CCOC(=O)C1=C2C=C(OCCN3CCOCC3)C=CN2NC1. The molecular formula is C16H23N3O4. The number of carbonyl (C=O) groups excluding carboxylic acids is 1. The van der Waals surface area contributed by atoms with Crippen LogP contribution in [0.3, 0.4) is 0 Å². The summed E-state index contributed by atoms with van der Waals surface area (Å²) in [5.74, 6) is 0.478. The van der Waals surface area contributed by atoms with Crippen molar-refractivity contribution < 1.29 is 19.0 Å². The fourth-order valence-corrected chi connectivity index (χ4v) is 2.71. The number of carbonyl (C=O) groups is 1. The highest BCUT2D eigenvalue weighted by molar-refractivity contribution is 5.91. The molecule has 3 rings (SSSR count). The molecule has 0 radical (unpaired) electrons. The molecule has 0 saturated carbocycles. The van der Waals surface area contributed by atoms with Crippen LogP contribution in [0.5, 0.6) is 0 Å². The number of nitrogens with zero attached hydrogens (tertiary/aromatic N) is 2. The first-order valence-corrected chi connectivity index (χ1v) is 8.03.